The zero-order chi connectivity index (χ0) is 17.4. The Hall–Kier alpha value is -0.631. The molecule has 1 fully saturated rings. The number of carbonyl (C=O) groups excluding carboxylic acids is 1. The molecule has 2 aliphatic carbocycles. The number of allylic oxidation sites excluding steroid dienone is 2. The molecule has 0 aromatic rings. The van der Waals surface area contributed by atoms with E-state index in [2.05, 4.69) is 40.0 Å². The monoisotopic (exact) mass is 358 g/mol. The van der Waals surface area contributed by atoms with Crippen LogP contribution >= 0.6 is 0 Å². The van der Waals surface area contributed by atoms with Crippen LogP contribution in [0.1, 0.15) is 39.5 Å². The van der Waals surface area contributed by atoms with Gasteiger partial charge in [-0.2, -0.15) is 0 Å². The summed E-state index contributed by atoms with van der Waals surface area (Å²) >= 11 is 0. The molecule has 0 bridgehead atoms. The summed E-state index contributed by atoms with van der Waals surface area (Å²) in [5.41, 5.74) is 0. The molecule has 0 amide bonds. The fourth-order valence-corrected chi connectivity index (χ4v) is 2.00. The first-order chi connectivity index (χ1) is 10.6. The van der Waals surface area contributed by atoms with E-state index in [-0.39, 0.29) is 28.8 Å². The second-order valence-electron chi connectivity index (χ2n) is 4.82. The van der Waals surface area contributed by atoms with Crippen LogP contribution in [0.25, 0.3) is 0 Å². The normalized spacial score (nSPS) is 19.8. The Bertz CT molecular complexity index is 337. The summed E-state index contributed by atoms with van der Waals surface area (Å²) < 4.78 is 15.0. The van der Waals surface area contributed by atoms with Crippen molar-refractivity contribution in [3.8, 4) is 0 Å². The molecule has 0 heterocycles. The van der Waals surface area contributed by atoms with Crippen LogP contribution in [0.2, 0.25) is 0 Å². The topological polar surface area (TPSA) is 77.1 Å². The van der Waals surface area contributed by atoms with Gasteiger partial charge >= 0.3 is 22.6 Å². The molecular formula is C18H23MnO4. The Morgan fingerprint density at radius 2 is 1.78 bits per heavy atom. The van der Waals surface area contributed by atoms with Crippen LogP contribution in [0.4, 0.5) is 0 Å². The average molecular weight is 358 g/mol. The molecule has 2 rings (SSSR count). The van der Waals surface area contributed by atoms with Gasteiger partial charge in [-0.3, -0.25) is 4.79 Å². The number of aliphatic hydroxyl groups excluding tert-OH is 1. The summed E-state index contributed by atoms with van der Waals surface area (Å²) in [7, 11) is 0. The van der Waals surface area contributed by atoms with Crippen molar-refractivity contribution in [3.05, 3.63) is 57.1 Å². The molecule has 2 aliphatic rings. The first kappa shape index (κ1) is 27.2. The smallest absolute Gasteiger partial charge is 0 e. The van der Waals surface area contributed by atoms with Crippen LogP contribution in [0.5, 0.6) is 0 Å². The predicted molar refractivity (Wildman–Crippen MR) is 81.8 cm³/mol. The fourth-order valence-electron chi connectivity index (χ4n) is 2.00. The van der Waals surface area contributed by atoms with Crippen LogP contribution in [-0.2, 0) is 31.2 Å². The number of ketones is 1. The first-order valence-corrected chi connectivity index (χ1v) is 7.12. The SMILES string of the molecule is CCCC[C@H](O)[C@@H]1CC=CC1=O.C[C]1[CH][CH][CH][CH]1.[C-]#[O+].[C-]#[O+].[Mn]. The minimum Gasteiger partial charge on any atom is 0 e. The van der Waals surface area contributed by atoms with Gasteiger partial charge in [0.25, 0.3) is 0 Å². The van der Waals surface area contributed by atoms with Crippen LogP contribution in [0.15, 0.2) is 12.2 Å². The van der Waals surface area contributed by atoms with Crippen molar-refractivity contribution in [2.24, 2.45) is 5.92 Å². The van der Waals surface area contributed by atoms with Crippen molar-refractivity contribution in [2.45, 2.75) is 45.6 Å². The second-order valence-corrected chi connectivity index (χ2v) is 4.82. The largest absolute Gasteiger partial charge is 0 e. The van der Waals surface area contributed by atoms with E-state index < -0.39 is 6.10 Å². The van der Waals surface area contributed by atoms with Gasteiger partial charge in [-0.1, -0.05) is 32.8 Å². The zero-order valence-electron chi connectivity index (χ0n) is 13.5. The van der Waals surface area contributed by atoms with Gasteiger partial charge in [-0.25, -0.2) is 0 Å². The van der Waals surface area contributed by atoms with Gasteiger partial charge in [0.05, 0.1) is 12.0 Å². The van der Waals surface area contributed by atoms with Gasteiger partial charge in [0.15, 0.2) is 5.78 Å². The van der Waals surface area contributed by atoms with Crippen molar-refractivity contribution >= 4 is 5.78 Å². The third kappa shape index (κ3) is 13.5. The number of rotatable bonds is 4. The summed E-state index contributed by atoms with van der Waals surface area (Å²) in [6, 6.07) is 0. The maximum absolute atomic E-state index is 11.1. The van der Waals surface area contributed by atoms with E-state index >= 15 is 0 Å². The van der Waals surface area contributed by atoms with Gasteiger partial charge in [0, 0.05) is 17.1 Å². The number of carbonyl (C=O) groups is 1. The molecule has 0 aromatic carbocycles. The van der Waals surface area contributed by atoms with E-state index in [1.165, 1.54) is 5.92 Å². The van der Waals surface area contributed by atoms with Crippen LogP contribution in [-0.4, -0.2) is 17.0 Å². The zero-order valence-corrected chi connectivity index (χ0v) is 14.7. The van der Waals surface area contributed by atoms with Crippen molar-refractivity contribution in [1.29, 1.82) is 0 Å². The molecule has 2 atom stereocenters. The van der Waals surface area contributed by atoms with Crippen molar-refractivity contribution in [3.63, 3.8) is 0 Å². The summed E-state index contributed by atoms with van der Waals surface area (Å²) in [5.74, 6) is 1.30. The molecule has 0 unspecified atom stereocenters. The maximum Gasteiger partial charge on any atom is 0 e. The van der Waals surface area contributed by atoms with Crippen molar-refractivity contribution in [2.75, 3.05) is 0 Å². The van der Waals surface area contributed by atoms with Gasteiger partial charge in [0.2, 0.25) is 0 Å². The molecule has 0 aliphatic heterocycles. The van der Waals surface area contributed by atoms with E-state index in [0.29, 0.717) is 0 Å². The minimum atomic E-state index is -0.424. The molecule has 4 nitrogen and oxygen atoms in total. The van der Waals surface area contributed by atoms with Crippen molar-refractivity contribution < 1.29 is 36.3 Å². The molecular weight excluding hydrogens is 335 g/mol. The predicted octanol–water partition coefficient (Wildman–Crippen LogP) is 3.02. The summed E-state index contributed by atoms with van der Waals surface area (Å²) in [5, 5.41) is 9.59. The fraction of sp³-hybridized carbons (Fsp3) is 0.444. The maximum atomic E-state index is 11.1. The standard InChI is InChI=1S/C10H16O2.C6H7.2CO.Mn/c1-2-3-6-9(11)8-5-4-7-10(8)12;1-6-4-2-3-5-6;2*1-2;/h4,7-9,11H,2-3,5-6H2,1H3;2-5H,1H3;;;/t8-,9-;;;;/m0..../s1. The molecule has 1 N–H and O–H groups in total. The quantitative estimate of drug-likeness (QED) is 0.476. The van der Waals surface area contributed by atoms with Crippen LogP contribution < -0.4 is 0 Å². The number of hydrogen-bond acceptors (Lipinski definition) is 2. The number of aliphatic hydroxyl groups is 1. The van der Waals surface area contributed by atoms with Gasteiger partial charge in [-0.05, 0) is 50.5 Å². The van der Waals surface area contributed by atoms with E-state index in [9.17, 15) is 9.90 Å². The third-order valence-corrected chi connectivity index (χ3v) is 3.18. The van der Waals surface area contributed by atoms with E-state index in [4.69, 9.17) is 9.30 Å². The number of unbranched alkanes of at least 4 members (excludes halogenated alkanes) is 1. The van der Waals surface area contributed by atoms with E-state index in [0.717, 1.165) is 25.7 Å². The molecule has 126 valence electrons. The molecule has 23 heavy (non-hydrogen) atoms. The minimum absolute atomic E-state index is 0. The van der Waals surface area contributed by atoms with Gasteiger partial charge in [-0.15, -0.1) is 0 Å². The van der Waals surface area contributed by atoms with E-state index in [1.54, 1.807) is 6.08 Å². The first-order valence-electron chi connectivity index (χ1n) is 7.12. The summed E-state index contributed by atoms with van der Waals surface area (Å²) in [4.78, 5) is 11.1. The molecule has 1 saturated carbocycles. The van der Waals surface area contributed by atoms with Crippen molar-refractivity contribution in [1.82, 2.24) is 0 Å². The summed E-state index contributed by atoms with van der Waals surface area (Å²) in [6.07, 6.45) is 14.8. The molecule has 5 heteroatoms. The Morgan fingerprint density at radius 1 is 1.26 bits per heavy atom. The third-order valence-electron chi connectivity index (χ3n) is 3.18. The molecule has 0 saturated heterocycles. The van der Waals surface area contributed by atoms with Gasteiger partial charge < -0.3 is 5.11 Å². The second kappa shape index (κ2) is 19.4. The Balaban J connectivity index is -0.000000308. The van der Waals surface area contributed by atoms with E-state index in [1.807, 2.05) is 18.9 Å². The van der Waals surface area contributed by atoms with Crippen LogP contribution in [0, 0.1) is 50.8 Å². The Morgan fingerprint density at radius 3 is 2.09 bits per heavy atom. The summed E-state index contributed by atoms with van der Waals surface area (Å²) in [6.45, 7) is 13.2. The van der Waals surface area contributed by atoms with Gasteiger partial charge in [0.1, 0.15) is 0 Å². The van der Waals surface area contributed by atoms with Crippen LogP contribution in [0.3, 0.4) is 0 Å². The molecule has 0 aromatic heterocycles. The Kier molecular flexibility index (Phi) is 23.0. The molecule has 0 spiro atoms. The Labute approximate surface area is 151 Å². The average Bonchev–Trinajstić information content (AvgIpc) is 3.20. The molecule has 6 radical (unpaired) electrons. The number of hydrogen-bond donors (Lipinski definition) is 1.